The lowest BCUT2D eigenvalue weighted by Gasteiger charge is -2.20. The number of rotatable bonds is 2. The first-order chi connectivity index (χ1) is 10.6. The maximum absolute atomic E-state index is 11.9. The van der Waals surface area contributed by atoms with Crippen LogP contribution in [0.2, 0.25) is 5.02 Å². The number of hydrogen-bond donors (Lipinski definition) is 1. The molecule has 112 valence electrons. The second kappa shape index (κ2) is 5.81. The zero-order valence-electron chi connectivity index (χ0n) is 12.0. The molecule has 1 atom stereocenters. The maximum Gasteiger partial charge on any atom is 0.240 e. The molecule has 0 aliphatic carbocycles. The third-order valence-electron chi connectivity index (χ3n) is 3.70. The van der Waals surface area contributed by atoms with Gasteiger partial charge in [0.15, 0.2) is 0 Å². The standard InChI is InChI=1S/C17H15ClN2O2/c1-11(21)20-17(12-6-8-13(22)9-7-12)10-16(19-20)14-4-2-3-5-15(14)18/h2-9,17,22H,10H2,1H3/t17-/m1/s1. The first kappa shape index (κ1) is 14.6. The SMILES string of the molecule is CC(=O)N1N=C(c2ccccc2Cl)C[C@@H]1c1ccc(O)cc1. The highest BCUT2D eigenvalue weighted by Crippen LogP contribution is 2.34. The predicted molar refractivity (Wildman–Crippen MR) is 86.0 cm³/mol. The first-order valence-corrected chi connectivity index (χ1v) is 7.35. The number of nitrogens with zero attached hydrogens (tertiary/aromatic N) is 2. The molecular formula is C17H15ClN2O2. The van der Waals surface area contributed by atoms with Crippen LogP contribution in [0.5, 0.6) is 5.75 Å². The van der Waals surface area contributed by atoms with Crippen molar-refractivity contribution in [1.82, 2.24) is 5.01 Å². The molecule has 0 bridgehead atoms. The van der Waals surface area contributed by atoms with Crippen LogP contribution >= 0.6 is 11.6 Å². The van der Waals surface area contributed by atoms with Gasteiger partial charge in [-0.1, -0.05) is 41.9 Å². The van der Waals surface area contributed by atoms with E-state index in [1.54, 1.807) is 24.3 Å². The topological polar surface area (TPSA) is 52.9 Å². The van der Waals surface area contributed by atoms with Crippen molar-refractivity contribution in [3.63, 3.8) is 0 Å². The summed E-state index contributed by atoms with van der Waals surface area (Å²) in [4.78, 5) is 11.9. The molecule has 0 saturated carbocycles. The Morgan fingerprint density at radius 3 is 2.55 bits per heavy atom. The van der Waals surface area contributed by atoms with E-state index in [0.29, 0.717) is 11.4 Å². The summed E-state index contributed by atoms with van der Waals surface area (Å²) in [5, 5.41) is 16.0. The Morgan fingerprint density at radius 1 is 1.23 bits per heavy atom. The zero-order chi connectivity index (χ0) is 15.7. The molecule has 0 fully saturated rings. The molecule has 22 heavy (non-hydrogen) atoms. The summed E-state index contributed by atoms with van der Waals surface area (Å²) < 4.78 is 0. The van der Waals surface area contributed by atoms with Gasteiger partial charge in [0.25, 0.3) is 0 Å². The maximum atomic E-state index is 11.9. The van der Waals surface area contributed by atoms with Gasteiger partial charge in [-0.2, -0.15) is 5.10 Å². The second-order valence-corrected chi connectivity index (χ2v) is 5.61. The lowest BCUT2D eigenvalue weighted by molar-refractivity contribution is -0.130. The smallest absolute Gasteiger partial charge is 0.240 e. The van der Waals surface area contributed by atoms with Gasteiger partial charge in [-0.3, -0.25) is 4.79 Å². The second-order valence-electron chi connectivity index (χ2n) is 5.20. The molecule has 1 amide bonds. The van der Waals surface area contributed by atoms with Gasteiger partial charge < -0.3 is 5.11 Å². The molecule has 0 saturated heterocycles. The van der Waals surface area contributed by atoms with Crippen molar-refractivity contribution in [2.24, 2.45) is 5.10 Å². The quantitative estimate of drug-likeness (QED) is 0.918. The first-order valence-electron chi connectivity index (χ1n) is 6.97. The normalized spacial score (nSPS) is 17.5. The summed E-state index contributed by atoms with van der Waals surface area (Å²) in [7, 11) is 0. The van der Waals surface area contributed by atoms with Crippen LogP contribution in [0.25, 0.3) is 0 Å². The van der Waals surface area contributed by atoms with E-state index in [4.69, 9.17) is 11.6 Å². The van der Waals surface area contributed by atoms with Gasteiger partial charge in [-0.05, 0) is 23.8 Å². The fraction of sp³-hybridized carbons (Fsp3) is 0.176. The Morgan fingerprint density at radius 2 is 1.91 bits per heavy atom. The van der Waals surface area contributed by atoms with E-state index in [1.165, 1.54) is 11.9 Å². The summed E-state index contributed by atoms with van der Waals surface area (Å²) in [5.74, 6) is 0.0727. The van der Waals surface area contributed by atoms with Crippen molar-refractivity contribution in [2.45, 2.75) is 19.4 Å². The molecule has 5 heteroatoms. The van der Waals surface area contributed by atoms with Crippen LogP contribution in [-0.4, -0.2) is 21.7 Å². The minimum Gasteiger partial charge on any atom is -0.508 e. The molecule has 1 heterocycles. The van der Waals surface area contributed by atoms with Gasteiger partial charge >= 0.3 is 0 Å². The fourth-order valence-corrected chi connectivity index (χ4v) is 2.86. The monoisotopic (exact) mass is 314 g/mol. The van der Waals surface area contributed by atoms with Crippen molar-refractivity contribution in [3.05, 3.63) is 64.7 Å². The summed E-state index contributed by atoms with van der Waals surface area (Å²) >= 11 is 6.23. The number of phenolic OH excluding ortho intramolecular Hbond substituents is 1. The van der Waals surface area contributed by atoms with Crippen molar-refractivity contribution >= 4 is 23.2 Å². The number of carbonyl (C=O) groups excluding carboxylic acids is 1. The summed E-state index contributed by atoms with van der Waals surface area (Å²) in [5.41, 5.74) is 2.56. The number of amides is 1. The largest absolute Gasteiger partial charge is 0.508 e. The van der Waals surface area contributed by atoms with E-state index in [1.807, 2.05) is 24.3 Å². The van der Waals surface area contributed by atoms with E-state index < -0.39 is 0 Å². The highest BCUT2D eigenvalue weighted by molar-refractivity contribution is 6.34. The van der Waals surface area contributed by atoms with E-state index in [9.17, 15) is 9.90 Å². The molecule has 0 unspecified atom stereocenters. The number of benzene rings is 2. The van der Waals surface area contributed by atoms with Gasteiger partial charge in [0.05, 0.1) is 11.8 Å². The van der Waals surface area contributed by atoms with Crippen LogP contribution < -0.4 is 0 Å². The minimum absolute atomic E-state index is 0.125. The number of halogens is 1. The van der Waals surface area contributed by atoms with E-state index >= 15 is 0 Å². The average molecular weight is 315 g/mol. The van der Waals surface area contributed by atoms with Gasteiger partial charge in [0.2, 0.25) is 5.91 Å². The Balaban J connectivity index is 1.96. The summed E-state index contributed by atoms with van der Waals surface area (Å²) in [6.45, 7) is 1.49. The fourth-order valence-electron chi connectivity index (χ4n) is 2.61. The molecule has 0 aromatic heterocycles. The lowest BCUT2D eigenvalue weighted by atomic mass is 9.98. The van der Waals surface area contributed by atoms with E-state index in [2.05, 4.69) is 5.10 Å². The molecule has 1 N–H and O–H groups in total. The molecule has 2 aromatic rings. The predicted octanol–water partition coefficient (Wildman–Crippen LogP) is 3.74. The van der Waals surface area contributed by atoms with Crippen LogP contribution in [0.4, 0.5) is 0 Å². The van der Waals surface area contributed by atoms with E-state index in [0.717, 1.165) is 16.8 Å². The molecule has 1 aliphatic heterocycles. The van der Waals surface area contributed by atoms with Gasteiger partial charge in [0.1, 0.15) is 5.75 Å². The molecule has 4 nitrogen and oxygen atoms in total. The van der Waals surface area contributed by atoms with Crippen LogP contribution in [-0.2, 0) is 4.79 Å². The number of aromatic hydroxyl groups is 1. The van der Waals surface area contributed by atoms with Gasteiger partial charge in [-0.25, -0.2) is 5.01 Å². The third-order valence-corrected chi connectivity index (χ3v) is 4.03. The molecule has 3 rings (SSSR count). The van der Waals surface area contributed by atoms with Crippen LogP contribution in [0.3, 0.4) is 0 Å². The van der Waals surface area contributed by atoms with Crippen molar-refractivity contribution < 1.29 is 9.90 Å². The van der Waals surface area contributed by atoms with Crippen LogP contribution in [0.1, 0.15) is 30.5 Å². The Hall–Kier alpha value is -2.33. The number of hydrogen-bond acceptors (Lipinski definition) is 3. The molecule has 2 aromatic carbocycles. The number of hydrazone groups is 1. The van der Waals surface area contributed by atoms with Crippen molar-refractivity contribution in [3.8, 4) is 5.75 Å². The summed E-state index contributed by atoms with van der Waals surface area (Å²) in [6.07, 6.45) is 0.591. The van der Waals surface area contributed by atoms with Gasteiger partial charge in [-0.15, -0.1) is 0 Å². The van der Waals surface area contributed by atoms with Crippen molar-refractivity contribution in [1.29, 1.82) is 0 Å². The highest BCUT2D eigenvalue weighted by Gasteiger charge is 2.31. The molecule has 0 spiro atoms. The minimum atomic E-state index is -0.177. The molecule has 1 aliphatic rings. The number of carbonyl (C=O) groups is 1. The number of phenols is 1. The average Bonchev–Trinajstić information content (AvgIpc) is 2.93. The Labute approximate surface area is 133 Å². The zero-order valence-corrected chi connectivity index (χ0v) is 12.8. The molecular weight excluding hydrogens is 300 g/mol. The lowest BCUT2D eigenvalue weighted by Crippen LogP contribution is -2.24. The highest BCUT2D eigenvalue weighted by atomic mass is 35.5. The Bertz CT molecular complexity index is 741. The Kier molecular flexibility index (Phi) is 3.86. The third kappa shape index (κ3) is 2.70. The van der Waals surface area contributed by atoms with Crippen LogP contribution in [0, 0.1) is 0 Å². The molecule has 0 radical (unpaired) electrons. The summed E-state index contributed by atoms with van der Waals surface area (Å²) in [6, 6.07) is 14.1. The van der Waals surface area contributed by atoms with Crippen LogP contribution in [0.15, 0.2) is 53.6 Å². The van der Waals surface area contributed by atoms with E-state index in [-0.39, 0.29) is 17.7 Å². The van der Waals surface area contributed by atoms with Crippen molar-refractivity contribution in [2.75, 3.05) is 0 Å². The van der Waals surface area contributed by atoms with Gasteiger partial charge in [0, 0.05) is 23.9 Å².